The monoisotopic (exact) mass is 256 g/mol. The SMILES string of the molecule is CCOC(=O)C(C)N(CC(C)C)CC1CCCN1. The fourth-order valence-corrected chi connectivity index (χ4v) is 2.47. The van der Waals surface area contributed by atoms with E-state index in [2.05, 4.69) is 24.1 Å². The predicted molar refractivity (Wildman–Crippen MR) is 73.5 cm³/mol. The van der Waals surface area contributed by atoms with Gasteiger partial charge in [-0.2, -0.15) is 0 Å². The molecule has 0 spiro atoms. The van der Waals surface area contributed by atoms with Gasteiger partial charge in [0.05, 0.1) is 6.61 Å². The third-order valence-electron chi connectivity index (χ3n) is 3.39. The van der Waals surface area contributed by atoms with E-state index in [1.54, 1.807) is 0 Å². The van der Waals surface area contributed by atoms with Gasteiger partial charge >= 0.3 is 5.97 Å². The number of carbonyl (C=O) groups excluding carboxylic acids is 1. The summed E-state index contributed by atoms with van der Waals surface area (Å²) in [7, 11) is 0. The summed E-state index contributed by atoms with van der Waals surface area (Å²) < 4.78 is 5.13. The summed E-state index contributed by atoms with van der Waals surface area (Å²) in [5, 5.41) is 3.49. The minimum Gasteiger partial charge on any atom is -0.465 e. The van der Waals surface area contributed by atoms with Crippen LogP contribution in [0.2, 0.25) is 0 Å². The lowest BCUT2D eigenvalue weighted by Crippen LogP contribution is -2.47. The lowest BCUT2D eigenvalue weighted by atomic mass is 10.1. The summed E-state index contributed by atoms with van der Waals surface area (Å²) in [5.41, 5.74) is 0. The lowest BCUT2D eigenvalue weighted by Gasteiger charge is -2.31. The fourth-order valence-electron chi connectivity index (χ4n) is 2.47. The average Bonchev–Trinajstić information content (AvgIpc) is 2.79. The Kier molecular flexibility index (Phi) is 6.65. The molecule has 0 aromatic rings. The van der Waals surface area contributed by atoms with Crippen LogP contribution in [0, 0.1) is 5.92 Å². The van der Waals surface area contributed by atoms with Crippen molar-refractivity contribution in [3.63, 3.8) is 0 Å². The van der Waals surface area contributed by atoms with Crippen molar-refractivity contribution in [1.29, 1.82) is 0 Å². The third-order valence-corrected chi connectivity index (χ3v) is 3.39. The topological polar surface area (TPSA) is 41.6 Å². The molecule has 1 rings (SSSR count). The van der Waals surface area contributed by atoms with E-state index in [-0.39, 0.29) is 12.0 Å². The van der Waals surface area contributed by atoms with Crippen LogP contribution >= 0.6 is 0 Å². The van der Waals surface area contributed by atoms with E-state index in [0.717, 1.165) is 19.6 Å². The zero-order valence-corrected chi connectivity index (χ0v) is 12.2. The van der Waals surface area contributed by atoms with Gasteiger partial charge in [-0.15, -0.1) is 0 Å². The van der Waals surface area contributed by atoms with Crippen LogP contribution < -0.4 is 5.32 Å². The second kappa shape index (κ2) is 7.74. The van der Waals surface area contributed by atoms with Crippen LogP contribution in [0.5, 0.6) is 0 Å². The first-order valence-electron chi connectivity index (χ1n) is 7.18. The summed E-state index contributed by atoms with van der Waals surface area (Å²) in [4.78, 5) is 14.1. The Labute approximate surface area is 111 Å². The molecule has 1 N–H and O–H groups in total. The highest BCUT2D eigenvalue weighted by Gasteiger charge is 2.26. The van der Waals surface area contributed by atoms with Gasteiger partial charge in [-0.25, -0.2) is 0 Å². The van der Waals surface area contributed by atoms with Gasteiger partial charge in [-0.1, -0.05) is 13.8 Å². The van der Waals surface area contributed by atoms with Gasteiger partial charge in [0.15, 0.2) is 0 Å². The molecule has 1 heterocycles. The van der Waals surface area contributed by atoms with Crippen molar-refractivity contribution in [1.82, 2.24) is 10.2 Å². The molecule has 1 saturated heterocycles. The van der Waals surface area contributed by atoms with Crippen LogP contribution in [0.25, 0.3) is 0 Å². The summed E-state index contributed by atoms with van der Waals surface area (Å²) in [5.74, 6) is 0.458. The fraction of sp³-hybridized carbons (Fsp3) is 0.929. The molecule has 1 aliphatic rings. The molecular weight excluding hydrogens is 228 g/mol. The third kappa shape index (κ3) is 4.94. The zero-order chi connectivity index (χ0) is 13.5. The van der Waals surface area contributed by atoms with Gasteiger partial charge < -0.3 is 10.1 Å². The number of nitrogens with one attached hydrogen (secondary N) is 1. The predicted octanol–water partition coefficient (Wildman–Crippen LogP) is 1.65. The summed E-state index contributed by atoms with van der Waals surface area (Å²) >= 11 is 0. The Hall–Kier alpha value is -0.610. The van der Waals surface area contributed by atoms with Crippen LogP contribution in [0.1, 0.15) is 40.5 Å². The van der Waals surface area contributed by atoms with Crippen LogP contribution in [0.4, 0.5) is 0 Å². The van der Waals surface area contributed by atoms with Crippen molar-refractivity contribution in [3.05, 3.63) is 0 Å². The number of rotatable bonds is 7. The van der Waals surface area contributed by atoms with E-state index >= 15 is 0 Å². The Balaban J connectivity index is 2.54. The quantitative estimate of drug-likeness (QED) is 0.703. The number of hydrogen-bond donors (Lipinski definition) is 1. The normalized spacial score (nSPS) is 21.6. The number of carbonyl (C=O) groups is 1. The van der Waals surface area contributed by atoms with E-state index in [1.807, 2.05) is 13.8 Å². The molecule has 0 aromatic heterocycles. The zero-order valence-electron chi connectivity index (χ0n) is 12.2. The van der Waals surface area contributed by atoms with Crippen LogP contribution in [0.3, 0.4) is 0 Å². The second-order valence-electron chi connectivity index (χ2n) is 5.57. The molecule has 4 nitrogen and oxygen atoms in total. The standard InChI is InChI=1S/C14H28N2O2/c1-5-18-14(17)12(4)16(9-11(2)3)10-13-7-6-8-15-13/h11-13,15H,5-10H2,1-4H3. The van der Waals surface area contributed by atoms with Crippen molar-refractivity contribution in [2.75, 3.05) is 26.2 Å². The first-order chi connectivity index (χ1) is 8.54. The molecule has 1 aliphatic heterocycles. The van der Waals surface area contributed by atoms with E-state index in [9.17, 15) is 4.79 Å². The Morgan fingerprint density at radius 3 is 2.67 bits per heavy atom. The van der Waals surface area contributed by atoms with Crippen molar-refractivity contribution >= 4 is 5.97 Å². The first kappa shape index (κ1) is 15.4. The molecule has 4 heteroatoms. The molecule has 0 radical (unpaired) electrons. The van der Waals surface area contributed by atoms with Gasteiger partial charge in [0.25, 0.3) is 0 Å². The highest BCUT2D eigenvalue weighted by molar-refractivity contribution is 5.75. The maximum Gasteiger partial charge on any atom is 0.323 e. The van der Waals surface area contributed by atoms with Crippen molar-refractivity contribution in [2.24, 2.45) is 5.92 Å². The Morgan fingerprint density at radius 2 is 2.17 bits per heavy atom. The molecule has 106 valence electrons. The maximum absolute atomic E-state index is 11.9. The van der Waals surface area contributed by atoms with Gasteiger partial charge in [0.1, 0.15) is 6.04 Å². The Bertz CT molecular complexity index is 250. The van der Waals surface area contributed by atoms with Crippen LogP contribution in [0.15, 0.2) is 0 Å². The first-order valence-corrected chi connectivity index (χ1v) is 7.18. The Morgan fingerprint density at radius 1 is 1.44 bits per heavy atom. The molecular formula is C14H28N2O2. The molecule has 0 amide bonds. The van der Waals surface area contributed by atoms with Crippen molar-refractivity contribution in [2.45, 2.75) is 52.6 Å². The highest BCUT2D eigenvalue weighted by atomic mass is 16.5. The smallest absolute Gasteiger partial charge is 0.323 e. The van der Waals surface area contributed by atoms with Crippen LogP contribution in [-0.2, 0) is 9.53 Å². The van der Waals surface area contributed by atoms with Gasteiger partial charge in [0.2, 0.25) is 0 Å². The van der Waals surface area contributed by atoms with E-state index in [1.165, 1.54) is 12.8 Å². The van der Waals surface area contributed by atoms with Crippen LogP contribution in [-0.4, -0.2) is 49.2 Å². The van der Waals surface area contributed by atoms with Crippen molar-refractivity contribution in [3.8, 4) is 0 Å². The molecule has 0 aliphatic carbocycles. The highest BCUT2D eigenvalue weighted by Crippen LogP contribution is 2.12. The minimum atomic E-state index is -0.144. The molecule has 0 aromatic carbocycles. The molecule has 18 heavy (non-hydrogen) atoms. The van der Waals surface area contributed by atoms with E-state index in [0.29, 0.717) is 18.6 Å². The van der Waals surface area contributed by atoms with E-state index in [4.69, 9.17) is 4.74 Å². The lowest BCUT2D eigenvalue weighted by molar-refractivity contribution is -0.149. The molecule has 0 bridgehead atoms. The second-order valence-corrected chi connectivity index (χ2v) is 5.57. The van der Waals surface area contributed by atoms with Gasteiger partial charge in [-0.3, -0.25) is 9.69 Å². The molecule has 2 atom stereocenters. The summed E-state index contributed by atoms with van der Waals surface area (Å²) in [6, 6.07) is 0.385. The number of ether oxygens (including phenoxy) is 1. The summed E-state index contributed by atoms with van der Waals surface area (Å²) in [6.45, 7) is 11.6. The largest absolute Gasteiger partial charge is 0.465 e. The molecule has 2 unspecified atom stereocenters. The van der Waals surface area contributed by atoms with E-state index < -0.39 is 0 Å². The van der Waals surface area contributed by atoms with Crippen molar-refractivity contribution < 1.29 is 9.53 Å². The van der Waals surface area contributed by atoms with Gasteiger partial charge in [0, 0.05) is 19.1 Å². The average molecular weight is 256 g/mol. The number of nitrogens with zero attached hydrogens (tertiary/aromatic N) is 1. The number of esters is 1. The molecule has 0 saturated carbocycles. The number of hydrogen-bond acceptors (Lipinski definition) is 4. The summed E-state index contributed by atoms with van der Waals surface area (Å²) in [6.07, 6.45) is 2.46. The maximum atomic E-state index is 11.9. The minimum absolute atomic E-state index is 0.101. The van der Waals surface area contributed by atoms with Gasteiger partial charge in [-0.05, 0) is 39.2 Å². The molecule has 1 fully saturated rings.